The maximum Gasteiger partial charge on any atom is 0.226 e. The van der Waals surface area contributed by atoms with E-state index >= 15 is 0 Å². The molecule has 116 valence electrons. The van der Waals surface area contributed by atoms with Gasteiger partial charge in [-0.3, -0.25) is 4.79 Å². The molecule has 3 heteroatoms. The molecular formula is C18H28N2O. The number of amides is 1. The summed E-state index contributed by atoms with van der Waals surface area (Å²) in [5.74, 6) is 0.0828. The Kier molecular flexibility index (Phi) is 4.43. The molecule has 0 saturated heterocycles. The van der Waals surface area contributed by atoms with E-state index in [9.17, 15) is 4.79 Å². The fraction of sp³-hybridized carbons (Fsp3) is 0.611. The molecule has 0 radical (unpaired) electrons. The number of rotatable bonds is 4. The van der Waals surface area contributed by atoms with Crippen LogP contribution in [0.5, 0.6) is 0 Å². The number of nitrogens with one attached hydrogen (secondary N) is 2. The molecule has 1 aromatic carbocycles. The lowest BCUT2D eigenvalue weighted by Crippen LogP contribution is -2.44. The Labute approximate surface area is 128 Å². The number of hydrogen-bond acceptors (Lipinski definition) is 2. The molecule has 1 unspecified atom stereocenters. The Morgan fingerprint density at radius 1 is 1.33 bits per heavy atom. The highest BCUT2D eigenvalue weighted by atomic mass is 16.2. The van der Waals surface area contributed by atoms with Crippen LogP contribution in [-0.4, -0.2) is 19.5 Å². The van der Waals surface area contributed by atoms with Crippen molar-refractivity contribution in [1.82, 2.24) is 10.6 Å². The van der Waals surface area contributed by atoms with E-state index in [0.29, 0.717) is 12.6 Å². The van der Waals surface area contributed by atoms with Gasteiger partial charge in [0.2, 0.25) is 5.91 Å². The van der Waals surface area contributed by atoms with Gasteiger partial charge in [0.25, 0.3) is 0 Å². The SMILES string of the molecule is CNC(=O)C(C)(C)CNC1CCC(C)(C)c2ccccc21. The van der Waals surface area contributed by atoms with E-state index in [0.717, 1.165) is 6.42 Å². The average molecular weight is 288 g/mol. The van der Waals surface area contributed by atoms with Gasteiger partial charge in [0, 0.05) is 19.6 Å². The van der Waals surface area contributed by atoms with E-state index in [4.69, 9.17) is 0 Å². The van der Waals surface area contributed by atoms with E-state index in [1.54, 1.807) is 7.05 Å². The van der Waals surface area contributed by atoms with Gasteiger partial charge in [-0.2, -0.15) is 0 Å². The lowest BCUT2D eigenvalue weighted by molar-refractivity contribution is -0.128. The Balaban J connectivity index is 2.14. The van der Waals surface area contributed by atoms with Crippen LogP contribution in [0.25, 0.3) is 0 Å². The average Bonchev–Trinajstić information content (AvgIpc) is 2.45. The van der Waals surface area contributed by atoms with E-state index in [1.807, 2.05) is 13.8 Å². The summed E-state index contributed by atoms with van der Waals surface area (Å²) in [5.41, 5.74) is 2.68. The highest BCUT2D eigenvalue weighted by Crippen LogP contribution is 2.41. The van der Waals surface area contributed by atoms with Gasteiger partial charge in [0.15, 0.2) is 0 Å². The molecule has 0 bridgehead atoms. The molecule has 0 saturated carbocycles. The lowest BCUT2D eigenvalue weighted by Gasteiger charge is -2.38. The van der Waals surface area contributed by atoms with Gasteiger partial charge in [-0.25, -0.2) is 0 Å². The van der Waals surface area contributed by atoms with Crippen molar-refractivity contribution in [2.75, 3.05) is 13.6 Å². The molecule has 2 N–H and O–H groups in total. The number of carbonyl (C=O) groups excluding carboxylic acids is 1. The molecule has 3 nitrogen and oxygen atoms in total. The summed E-state index contributed by atoms with van der Waals surface area (Å²) in [6.45, 7) is 9.29. The van der Waals surface area contributed by atoms with Crippen LogP contribution in [0.4, 0.5) is 0 Å². The Morgan fingerprint density at radius 3 is 2.67 bits per heavy atom. The molecule has 0 aliphatic heterocycles. The molecule has 21 heavy (non-hydrogen) atoms. The standard InChI is InChI=1S/C18H28N2O/c1-17(2)11-10-15(13-8-6-7-9-14(13)17)20-12-18(3,4)16(21)19-5/h6-9,15,20H,10-12H2,1-5H3,(H,19,21). The molecule has 1 aromatic rings. The number of benzene rings is 1. The quantitative estimate of drug-likeness (QED) is 0.893. The zero-order valence-electron chi connectivity index (χ0n) is 13.9. The zero-order chi connectivity index (χ0) is 15.7. The number of fused-ring (bicyclic) bond motifs is 1. The summed E-state index contributed by atoms with van der Waals surface area (Å²) in [6, 6.07) is 9.04. The largest absolute Gasteiger partial charge is 0.359 e. The minimum atomic E-state index is -0.392. The van der Waals surface area contributed by atoms with Crippen LogP contribution >= 0.6 is 0 Å². The molecule has 1 atom stereocenters. The highest BCUT2D eigenvalue weighted by Gasteiger charge is 2.34. The van der Waals surface area contributed by atoms with E-state index in [1.165, 1.54) is 17.5 Å². The van der Waals surface area contributed by atoms with Crippen LogP contribution in [-0.2, 0) is 10.2 Å². The molecule has 0 heterocycles. The molecule has 0 aromatic heterocycles. The van der Waals surface area contributed by atoms with Crippen molar-refractivity contribution in [2.45, 2.75) is 52.0 Å². The van der Waals surface area contributed by atoms with Gasteiger partial charge in [-0.15, -0.1) is 0 Å². The van der Waals surface area contributed by atoms with Gasteiger partial charge < -0.3 is 10.6 Å². The van der Waals surface area contributed by atoms with Gasteiger partial charge in [0.05, 0.1) is 5.41 Å². The zero-order valence-corrected chi connectivity index (χ0v) is 13.9. The molecule has 0 spiro atoms. The molecule has 1 amide bonds. The van der Waals surface area contributed by atoms with Crippen molar-refractivity contribution in [3.8, 4) is 0 Å². The second-order valence-corrected chi connectivity index (χ2v) is 7.41. The maximum absolute atomic E-state index is 11.9. The van der Waals surface area contributed by atoms with Crippen molar-refractivity contribution in [1.29, 1.82) is 0 Å². The Bertz CT molecular complexity index is 520. The smallest absolute Gasteiger partial charge is 0.226 e. The fourth-order valence-electron chi connectivity index (χ4n) is 3.22. The van der Waals surface area contributed by atoms with Crippen LogP contribution in [0, 0.1) is 5.41 Å². The lowest BCUT2D eigenvalue weighted by atomic mass is 9.71. The van der Waals surface area contributed by atoms with E-state index < -0.39 is 5.41 Å². The first kappa shape index (κ1) is 16.0. The van der Waals surface area contributed by atoms with E-state index in [2.05, 4.69) is 48.7 Å². The van der Waals surface area contributed by atoms with Crippen LogP contribution in [0.1, 0.15) is 57.7 Å². The van der Waals surface area contributed by atoms with Gasteiger partial charge in [-0.1, -0.05) is 38.1 Å². The summed E-state index contributed by atoms with van der Waals surface area (Å²) in [4.78, 5) is 11.9. The predicted octanol–water partition coefficient (Wildman–Crippen LogP) is 3.16. The van der Waals surface area contributed by atoms with Crippen molar-refractivity contribution in [2.24, 2.45) is 5.41 Å². The summed E-state index contributed by atoms with van der Waals surface area (Å²) in [7, 11) is 1.70. The summed E-state index contributed by atoms with van der Waals surface area (Å²) in [6.07, 6.45) is 2.29. The Hall–Kier alpha value is -1.35. The second kappa shape index (κ2) is 5.80. The van der Waals surface area contributed by atoms with Crippen LogP contribution in [0.15, 0.2) is 24.3 Å². The van der Waals surface area contributed by atoms with Crippen molar-refractivity contribution >= 4 is 5.91 Å². The normalized spacial score (nSPS) is 20.7. The first-order chi connectivity index (χ1) is 9.78. The van der Waals surface area contributed by atoms with Gasteiger partial charge in [-0.05, 0) is 43.2 Å². The monoisotopic (exact) mass is 288 g/mol. The molecular weight excluding hydrogens is 260 g/mol. The first-order valence-electron chi connectivity index (χ1n) is 7.83. The van der Waals surface area contributed by atoms with Crippen molar-refractivity contribution in [3.05, 3.63) is 35.4 Å². The first-order valence-corrected chi connectivity index (χ1v) is 7.83. The second-order valence-electron chi connectivity index (χ2n) is 7.41. The topological polar surface area (TPSA) is 41.1 Å². The van der Waals surface area contributed by atoms with E-state index in [-0.39, 0.29) is 11.3 Å². The van der Waals surface area contributed by atoms with Gasteiger partial charge >= 0.3 is 0 Å². The molecule has 0 fully saturated rings. The van der Waals surface area contributed by atoms with Crippen molar-refractivity contribution < 1.29 is 4.79 Å². The predicted molar refractivity (Wildman–Crippen MR) is 87.3 cm³/mol. The van der Waals surface area contributed by atoms with Gasteiger partial charge in [0.1, 0.15) is 0 Å². The third-order valence-corrected chi connectivity index (χ3v) is 4.76. The highest BCUT2D eigenvalue weighted by molar-refractivity contribution is 5.81. The summed E-state index contributed by atoms with van der Waals surface area (Å²) in [5, 5.41) is 6.36. The Morgan fingerprint density at radius 2 is 2.00 bits per heavy atom. The van der Waals surface area contributed by atoms with Crippen molar-refractivity contribution in [3.63, 3.8) is 0 Å². The van der Waals surface area contributed by atoms with Crippen LogP contribution < -0.4 is 10.6 Å². The number of carbonyl (C=O) groups is 1. The maximum atomic E-state index is 11.9. The van der Waals surface area contributed by atoms with Crippen LogP contribution in [0.3, 0.4) is 0 Å². The fourth-order valence-corrected chi connectivity index (χ4v) is 3.22. The molecule has 1 aliphatic rings. The molecule has 1 aliphatic carbocycles. The molecule has 2 rings (SSSR count). The third kappa shape index (κ3) is 3.29. The van der Waals surface area contributed by atoms with Crippen LogP contribution in [0.2, 0.25) is 0 Å². The minimum absolute atomic E-state index is 0.0828. The minimum Gasteiger partial charge on any atom is -0.359 e. The summed E-state index contributed by atoms with van der Waals surface area (Å²) < 4.78 is 0. The summed E-state index contributed by atoms with van der Waals surface area (Å²) >= 11 is 0. The number of hydrogen-bond donors (Lipinski definition) is 2. The third-order valence-electron chi connectivity index (χ3n) is 4.76.